The van der Waals surface area contributed by atoms with Crippen molar-refractivity contribution >= 4 is 50.1 Å². The third-order valence-corrected chi connectivity index (χ3v) is 10.4. The quantitative estimate of drug-likeness (QED) is 0.129. The van der Waals surface area contributed by atoms with Gasteiger partial charge in [0, 0.05) is 54.0 Å². The molecule has 2 aliphatic rings. The van der Waals surface area contributed by atoms with E-state index in [1.807, 2.05) is 18.2 Å². The van der Waals surface area contributed by atoms with Gasteiger partial charge in [0.1, 0.15) is 5.82 Å². The summed E-state index contributed by atoms with van der Waals surface area (Å²) in [6, 6.07) is 46.9. The summed E-state index contributed by atoms with van der Waals surface area (Å²) in [6.07, 6.45) is 2.06. The molecule has 4 heterocycles. The molecule has 0 fully saturated rings. The maximum Gasteiger partial charge on any atom is 0.119 e. The third-order valence-electron chi connectivity index (χ3n) is 10.4. The number of rotatable bonds is 2. The van der Waals surface area contributed by atoms with Crippen molar-refractivity contribution in [2.45, 2.75) is 52.4 Å². The van der Waals surface area contributed by atoms with Gasteiger partial charge in [0.25, 0.3) is 0 Å². The first-order chi connectivity index (χ1) is 22.7. The number of hydrogen-bond acceptors (Lipinski definition) is 3. The molecular weight excluding hydrogens is 765 g/mol. The Morgan fingerprint density at radius 1 is 0.646 bits per heavy atom. The van der Waals surface area contributed by atoms with E-state index in [1.54, 1.807) is 0 Å². The summed E-state index contributed by atoms with van der Waals surface area (Å²) in [5.41, 5.74) is 10.9. The predicted octanol–water partition coefficient (Wildman–Crippen LogP) is 11.0. The van der Waals surface area contributed by atoms with Crippen molar-refractivity contribution in [3.63, 3.8) is 0 Å². The first-order valence-electron chi connectivity index (χ1n) is 16.3. The summed E-state index contributed by atoms with van der Waals surface area (Å²) in [6.45, 7) is 13.7. The Morgan fingerprint density at radius 2 is 1.31 bits per heavy atom. The molecule has 241 valence electrons. The van der Waals surface area contributed by atoms with E-state index in [0.29, 0.717) is 0 Å². The molecule has 0 unspecified atom stereocenters. The molecule has 2 aromatic heterocycles. The van der Waals surface area contributed by atoms with Crippen LogP contribution in [0.3, 0.4) is 0 Å². The summed E-state index contributed by atoms with van der Waals surface area (Å²) >= 11 is 0. The smallest absolute Gasteiger partial charge is 0.119 e. The predicted molar refractivity (Wildman–Crippen MR) is 196 cm³/mol. The summed E-state index contributed by atoms with van der Waals surface area (Å²) < 4.78 is 2.37. The Kier molecular flexibility index (Phi) is 7.81. The van der Waals surface area contributed by atoms with Crippen LogP contribution in [0.15, 0.2) is 133 Å². The minimum Gasteiger partial charge on any atom is -0.337 e. The Morgan fingerprint density at radius 3 is 2.02 bits per heavy atom. The Labute approximate surface area is 296 Å². The number of allylic oxidation sites excluding steroid dienone is 1. The molecule has 9 rings (SSSR count). The van der Waals surface area contributed by atoms with Crippen molar-refractivity contribution in [2.75, 3.05) is 9.80 Å². The van der Waals surface area contributed by atoms with E-state index in [9.17, 15) is 0 Å². The van der Waals surface area contributed by atoms with Crippen LogP contribution in [-0.2, 0) is 30.9 Å². The van der Waals surface area contributed by atoms with Gasteiger partial charge in [-0.1, -0.05) is 87.3 Å². The number of fused-ring (bicyclic) bond motifs is 4. The zero-order chi connectivity index (χ0) is 32.5. The first kappa shape index (κ1) is 31.9. The molecule has 0 amide bonds. The van der Waals surface area contributed by atoms with Crippen LogP contribution in [0.25, 0.3) is 27.3 Å². The number of imidazole rings is 1. The molecule has 2 aliphatic heterocycles. The maximum atomic E-state index is 4.79. The second kappa shape index (κ2) is 11.8. The van der Waals surface area contributed by atoms with Gasteiger partial charge in [0.2, 0.25) is 0 Å². The summed E-state index contributed by atoms with van der Waals surface area (Å²) in [5, 5.41) is 3.65. The van der Waals surface area contributed by atoms with Crippen LogP contribution < -0.4 is 9.80 Å². The molecule has 0 atom stereocenters. The van der Waals surface area contributed by atoms with Gasteiger partial charge in [-0.15, -0.1) is 35.7 Å². The standard InChI is InChI=1S/C22H19N2.C21H19N2.Ir/c1-17(2)22-23(18-11-5-3-6-12-18)20-15-9-10-16-21(20)24(22)19-13-7-4-8-14-19;1-20(2)16-11-7-10-14-13-8-5-6-9-15(13)19-22-12-17(21(20,3)4)23(19)18(14)16;/h3-13,15-16H,1-2H3;5-8,10-12H,1-4H3;/q2*-1;. The van der Waals surface area contributed by atoms with Crippen LogP contribution >= 0.6 is 0 Å². The van der Waals surface area contributed by atoms with E-state index in [4.69, 9.17) is 4.98 Å². The molecule has 4 nitrogen and oxygen atoms in total. The van der Waals surface area contributed by atoms with E-state index in [-0.39, 0.29) is 30.9 Å². The number of aromatic nitrogens is 2. The van der Waals surface area contributed by atoms with Gasteiger partial charge in [-0.25, -0.2) is 0 Å². The van der Waals surface area contributed by atoms with Gasteiger partial charge in [0.05, 0.1) is 17.0 Å². The first-order valence-corrected chi connectivity index (χ1v) is 16.3. The Bertz CT molecular complexity index is 2260. The fourth-order valence-electron chi connectivity index (χ4n) is 7.43. The van der Waals surface area contributed by atoms with Crippen LogP contribution in [0, 0.1) is 12.1 Å². The van der Waals surface area contributed by atoms with E-state index in [0.717, 1.165) is 16.7 Å². The van der Waals surface area contributed by atoms with Crippen molar-refractivity contribution in [1.29, 1.82) is 0 Å². The number of nitrogens with zero attached hydrogens (tertiary/aromatic N) is 4. The molecule has 1 radical (unpaired) electrons. The number of benzene rings is 5. The minimum atomic E-state index is 0. The zero-order valence-electron chi connectivity index (χ0n) is 28.2. The number of pyridine rings is 1. The summed E-state index contributed by atoms with van der Waals surface area (Å²) in [4.78, 5) is 9.41. The second-order valence-corrected chi connectivity index (χ2v) is 13.8. The summed E-state index contributed by atoms with van der Waals surface area (Å²) in [5.74, 6) is 1.17. The maximum absolute atomic E-state index is 4.79. The average Bonchev–Trinajstić information content (AvgIpc) is 3.70. The van der Waals surface area contributed by atoms with E-state index in [1.165, 1.54) is 56.0 Å². The third kappa shape index (κ3) is 4.56. The normalized spacial score (nSPS) is 15.3. The number of para-hydroxylation sites is 5. The van der Waals surface area contributed by atoms with Crippen LogP contribution in [0.2, 0.25) is 0 Å². The molecule has 0 saturated carbocycles. The van der Waals surface area contributed by atoms with Gasteiger partial charge in [0.15, 0.2) is 0 Å². The molecular formula is C43H38IrN4-2. The molecule has 0 N–H and O–H groups in total. The van der Waals surface area contributed by atoms with E-state index in [2.05, 4.69) is 171 Å². The largest absolute Gasteiger partial charge is 0.337 e. The summed E-state index contributed by atoms with van der Waals surface area (Å²) in [7, 11) is 0. The zero-order valence-corrected chi connectivity index (χ0v) is 30.6. The topological polar surface area (TPSA) is 23.8 Å². The molecule has 0 saturated heterocycles. The fraction of sp³-hybridized carbons (Fsp3) is 0.186. The average molecular weight is 803 g/mol. The van der Waals surface area contributed by atoms with Gasteiger partial charge >= 0.3 is 0 Å². The molecule has 48 heavy (non-hydrogen) atoms. The van der Waals surface area contributed by atoms with E-state index < -0.39 is 0 Å². The number of anilines is 4. The monoisotopic (exact) mass is 803 g/mol. The van der Waals surface area contributed by atoms with Gasteiger partial charge in [-0.3, -0.25) is 9.88 Å². The Hall–Kier alpha value is -4.70. The van der Waals surface area contributed by atoms with Crippen molar-refractivity contribution < 1.29 is 20.1 Å². The van der Waals surface area contributed by atoms with Crippen molar-refractivity contribution in [1.82, 2.24) is 9.38 Å². The fourth-order valence-corrected chi connectivity index (χ4v) is 7.43. The van der Waals surface area contributed by atoms with Gasteiger partial charge < -0.3 is 9.30 Å². The molecule has 5 heteroatoms. The molecule has 7 aromatic rings. The minimum absolute atomic E-state index is 0. The van der Waals surface area contributed by atoms with Crippen molar-refractivity contribution in [3.05, 3.63) is 156 Å². The van der Waals surface area contributed by atoms with Crippen LogP contribution in [-0.4, -0.2) is 9.38 Å². The van der Waals surface area contributed by atoms with E-state index >= 15 is 0 Å². The van der Waals surface area contributed by atoms with Crippen molar-refractivity contribution in [3.8, 4) is 0 Å². The molecule has 0 bridgehead atoms. The van der Waals surface area contributed by atoms with Crippen molar-refractivity contribution in [2.24, 2.45) is 0 Å². The molecule has 0 spiro atoms. The SMILES string of the molecule is CC(C)=C1N(c2[c-]cccc2)c2ccccc2N1c1ccccc1.CC1(C)c2cccc3c4ccc[c-]c4c4ncc(n4c23)C1(C)C.[Ir]. The van der Waals surface area contributed by atoms with Gasteiger partial charge in [-0.05, 0) is 54.6 Å². The van der Waals surface area contributed by atoms with Crippen LogP contribution in [0.1, 0.15) is 52.8 Å². The number of hydrogen-bond donors (Lipinski definition) is 0. The Balaban J connectivity index is 0.000000149. The molecule has 0 aliphatic carbocycles. The van der Waals surface area contributed by atoms with Crippen LogP contribution in [0.4, 0.5) is 22.7 Å². The molecule has 5 aromatic carbocycles. The van der Waals surface area contributed by atoms with Crippen LogP contribution in [0.5, 0.6) is 0 Å². The van der Waals surface area contributed by atoms with Gasteiger partial charge in [-0.2, -0.15) is 24.3 Å². The second-order valence-electron chi connectivity index (χ2n) is 13.8.